The zero-order chi connectivity index (χ0) is 35.8. The van der Waals surface area contributed by atoms with Gasteiger partial charge in [-0.05, 0) is 117 Å². The highest BCUT2D eigenvalue weighted by Crippen LogP contribution is 2.41. The van der Waals surface area contributed by atoms with Crippen LogP contribution in [0.25, 0.3) is 72.8 Å². The Kier molecular flexibility index (Phi) is 7.96. The van der Waals surface area contributed by atoms with E-state index in [0.717, 1.165) is 57.3 Å². The predicted octanol–water partition coefficient (Wildman–Crippen LogP) is 14.1. The van der Waals surface area contributed by atoms with Crippen LogP contribution in [0.3, 0.4) is 0 Å². The summed E-state index contributed by atoms with van der Waals surface area (Å²) in [6.07, 6.45) is 6.55. The number of aryl methyl sites for hydroxylation is 1. The van der Waals surface area contributed by atoms with Crippen molar-refractivity contribution in [3.63, 3.8) is 0 Å². The molecule has 0 saturated carbocycles. The summed E-state index contributed by atoms with van der Waals surface area (Å²) in [5.41, 5.74) is 15.7. The van der Waals surface area contributed by atoms with Crippen molar-refractivity contribution < 1.29 is 4.42 Å². The van der Waals surface area contributed by atoms with Gasteiger partial charge in [-0.3, -0.25) is 0 Å². The second-order valence-corrected chi connectivity index (χ2v) is 13.9. The Morgan fingerprint density at radius 2 is 1.06 bits per heavy atom. The number of hydrogen-bond donors (Lipinski definition) is 0. The monoisotopic (exact) mass is 692 g/mol. The fourth-order valence-electron chi connectivity index (χ4n) is 7.80. The maximum Gasteiger partial charge on any atom is 0.227 e. The van der Waals surface area contributed by atoms with E-state index in [-0.39, 0.29) is 0 Å². The Balaban J connectivity index is 1.08. The Bertz CT molecular complexity index is 2800. The highest BCUT2D eigenvalue weighted by molar-refractivity contribution is 6.06. The van der Waals surface area contributed by atoms with Gasteiger partial charge in [0.05, 0.1) is 0 Å². The van der Waals surface area contributed by atoms with Crippen molar-refractivity contribution in [3.8, 4) is 44.8 Å². The summed E-state index contributed by atoms with van der Waals surface area (Å²) in [6, 6.07) is 64.9. The molecule has 54 heavy (non-hydrogen) atoms. The highest BCUT2D eigenvalue weighted by atomic mass is 16.3. The molecule has 10 rings (SSSR count). The van der Waals surface area contributed by atoms with Crippen LogP contribution in [0, 0.1) is 0 Å². The van der Waals surface area contributed by atoms with Gasteiger partial charge in [-0.1, -0.05) is 140 Å². The van der Waals surface area contributed by atoms with Gasteiger partial charge in [0.2, 0.25) is 5.89 Å². The first-order valence-corrected chi connectivity index (χ1v) is 18.6. The summed E-state index contributed by atoms with van der Waals surface area (Å²) < 4.78 is 6.43. The quantitative estimate of drug-likeness (QED) is 0.166. The fourth-order valence-corrected chi connectivity index (χ4v) is 7.80. The lowest BCUT2D eigenvalue weighted by Crippen LogP contribution is -2.10. The second-order valence-electron chi connectivity index (χ2n) is 13.9. The number of rotatable bonds is 7. The zero-order valence-corrected chi connectivity index (χ0v) is 29.7. The van der Waals surface area contributed by atoms with Gasteiger partial charge in [0.15, 0.2) is 5.58 Å². The van der Waals surface area contributed by atoms with Gasteiger partial charge in [0.25, 0.3) is 0 Å². The van der Waals surface area contributed by atoms with Crippen LogP contribution < -0.4 is 4.90 Å². The van der Waals surface area contributed by atoms with Crippen LogP contribution in [0.4, 0.5) is 17.1 Å². The minimum absolute atomic E-state index is 0.653. The normalized spacial score (nSPS) is 12.2. The molecule has 256 valence electrons. The first-order valence-electron chi connectivity index (χ1n) is 18.6. The van der Waals surface area contributed by atoms with E-state index in [4.69, 9.17) is 9.40 Å². The molecule has 0 radical (unpaired) electrons. The summed E-state index contributed by atoms with van der Waals surface area (Å²) >= 11 is 0. The number of aromatic nitrogens is 1. The molecule has 0 unspecified atom stereocenters. The molecule has 9 aromatic rings. The average molecular weight is 693 g/mol. The molecular weight excluding hydrogens is 657 g/mol. The van der Waals surface area contributed by atoms with Crippen LogP contribution in [0.15, 0.2) is 192 Å². The summed E-state index contributed by atoms with van der Waals surface area (Å²) in [7, 11) is 0. The maximum absolute atomic E-state index is 6.43. The molecule has 1 heterocycles. The fraction of sp³-hybridized carbons (Fsp3) is 0.0392. The summed E-state index contributed by atoms with van der Waals surface area (Å²) in [5, 5.41) is 2.18. The minimum Gasteiger partial charge on any atom is -0.436 e. The van der Waals surface area contributed by atoms with Crippen molar-refractivity contribution in [1.29, 1.82) is 0 Å². The molecule has 0 N–H and O–H groups in total. The van der Waals surface area contributed by atoms with Crippen molar-refractivity contribution in [2.24, 2.45) is 0 Å². The first kappa shape index (κ1) is 31.7. The molecule has 3 heteroatoms. The summed E-state index contributed by atoms with van der Waals surface area (Å²) in [6.45, 7) is 0. The van der Waals surface area contributed by atoms with E-state index in [0.29, 0.717) is 5.89 Å². The number of hydrogen-bond acceptors (Lipinski definition) is 3. The van der Waals surface area contributed by atoms with E-state index in [1.54, 1.807) is 0 Å². The van der Waals surface area contributed by atoms with Crippen molar-refractivity contribution >= 4 is 45.0 Å². The van der Waals surface area contributed by atoms with Gasteiger partial charge in [0, 0.05) is 28.0 Å². The van der Waals surface area contributed by atoms with Gasteiger partial charge in [0.1, 0.15) is 5.52 Å². The third-order valence-corrected chi connectivity index (χ3v) is 10.6. The molecule has 0 spiro atoms. The lowest BCUT2D eigenvalue weighted by molar-refractivity contribution is 0.620. The molecule has 1 aliphatic carbocycles. The minimum atomic E-state index is 0.653. The Morgan fingerprint density at radius 3 is 1.78 bits per heavy atom. The molecule has 0 bridgehead atoms. The zero-order valence-electron chi connectivity index (χ0n) is 29.7. The van der Waals surface area contributed by atoms with Gasteiger partial charge >= 0.3 is 0 Å². The van der Waals surface area contributed by atoms with E-state index < -0.39 is 0 Å². The first-order chi connectivity index (χ1) is 26.7. The lowest BCUT2D eigenvalue weighted by atomic mass is 9.94. The molecule has 0 fully saturated rings. The maximum atomic E-state index is 6.43. The van der Waals surface area contributed by atoms with Crippen LogP contribution >= 0.6 is 0 Å². The average Bonchev–Trinajstić information content (AvgIpc) is 3.70. The smallest absolute Gasteiger partial charge is 0.227 e. The van der Waals surface area contributed by atoms with E-state index in [1.807, 2.05) is 6.07 Å². The Hall–Kier alpha value is -6.97. The molecule has 3 nitrogen and oxygen atoms in total. The van der Waals surface area contributed by atoms with Gasteiger partial charge < -0.3 is 9.32 Å². The highest BCUT2D eigenvalue weighted by Gasteiger charge is 2.18. The van der Waals surface area contributed by atoms with Crippen LogP contribution in [-0.4, -0.2) is 4.98 Å². The number of nitrogens with zero attached hydrogens (tertiary/aromatic N) is 2. The molecule has 0 aliphatic heterocycles. The van der Waals surface area contributed by atoms with Crippen molar-refractivity contribution in [1.82, 2.24) is 4.98 Å². The van der Waals surface area contributed by atoms with Crippen LogP contribution in [-0.2, 0) is 6.42 Å². The van der Waals surface area contributed by atoms with Crippen molar-refractivity contribution in [2.45, 2.75) is 12.8 Å². The Labute approximate surface area is 315 Å². The molecule has 8 aromatic carbocycles. The molecule has 0 amide bonds. The third kappa shape index (κ3) is 5.86. The third-order valence-electron chi connectivity index (χ3n) is 10.6. The van der Waals surface area contributed by atoms with Gasteiger partial charge in [-0.2, -0.15) is 0 Å². The largest absolute Gasteiger partial charge is 0.436 e. The standard InChI is InChI=1S/C51H36N2O/c1-3-11-35(12-4-1)37-21-27-43(28-22-37)53(44-29-23-39(24-30-44)47-18-10-9-17-46(47)38-14-5-2-6-15-38)45-31-25-40-26-32-49-50(48(40)34-45)52-51(54-49)42-20-19-36-13-7-8-16-41(36)33-42/h1-7,9-15,17-34H,8,16H2. The number of fused-ring (bicyclic) bond motifs is 4. The Morgan fingerprint density at radius 1 is 0.481 bits per heavy atom. The van der Waals surface area contributed by atoms with Gasteiger partial charge in [-0.15, -0.1) is 0 Å². The molecule has 0 saturated heterocycles. The van der Waals surface area contributed by atoms with Crippen molar-refractivity contribution in [3.05, 3.63) is 199 Å². The second kappa shape index (κ2) is 13.5. The SMILES string of the molecule is C1=Cc2ccc(-c3nc4c(ccc5ccc(N(c6ccc(-c7ccccc7)cc6)c6ccc(-c7ccccc7-c7ccccc7)cc6)cc54)o3)cc2CC1. The van der Waals surface area contributed by atoms with E-state index in [1.165, 1.54) is 44.5 Å². The van der Waals surface area contributed by atoms with Crippen molar-refractivity contribution in [2.75, 3.05) is 4.90 Å². The number of oxazole rings is 1. The number of benzene rings is 8. The molecular formula is C51H36N2O. The van der Waals surface area contributed by atoms with E-state index in [2.05, 4.69) is 193 Å². The predicted molar refractivity (Wildman–Crippen MR) is 225 cm³/mol. The molecule has 1 aliphatic rings. The van der Waals surface area contributed by atoms with Crippen LogP contribution in [0.5, 0.6) is 0 Å². The van der Waals surface area contributed by atoms with E-state index >= 15 is 0 Å². The van der Waals surface area contributed by atoms with Crippen LogP contribution in [0.2, 0.25) is 0 Å². The number of anilines is 3. The number of allylic oxidation sites excluding steroid dienone is 1. The molecule has 1 aromatic heterocycles. The topological polar surface area (TPSA) is 29.3 Å². The summed E-state index contributed by atoms with van der Waals surface area (Å²) in [4.78, 5) is 7.46. The van der Waals surface area contributed by atoms with Gasteiger partial charge in [-0.25, -0.2) is 4.98 Å². The lowest BCUT2D eigenvalue weighted by Gasteiger charge is -2.26. The van der Waals surface area contributed by atoms with Crippen LogP contribution in [0.1, 0.15) is 17.5 Å². The molecule has 0 atom stereocenters. The summed E-state index contributed by atoms with van der Waals surface area (Å²) in [5.74, 6) is 0.653. The van der Waals surface area contributed by atoms with E-state index in [9.17, 15) is 0 Å².